The molecule has 2 bridgehead atoms. The van der Waals surface area contributed by atoms with Gasteiger partial charge in [-0.05, 0) is 13.8 Å². The van der Waals surface area contributed by atoms with Crippen LogP contribution in [-0.2, 0) is 28.5 Å². The second-order valence-electron chi connectivity index (χ2n) is 4.99. The molecule has 0 aromatic rings. The number of Topliss-reactive ketones (excluding diaryl/α,β-unsaturated/α-hetero) is 1. The van der Waals surface area contributed by atoms with Crippen molar-refractivity contribution in [2.75, 3.05) is 7.11 Å². The molecule has 3 heterocycles. The van der Waals surface area contributed by atoms with E-state index < -0.39 is 36.0 Å². The van der Waals surface area contributed by atoms with Crippen molar-refractivity contribution in [3.05, 3.63) is 0 Å². The van der Waals surface area contributed by atoms with Crippen molar-refractivity contribution >= 4 is 11.8 Å². The van der Waals surface area contributed by atoms with Crippen LogP contribution in [0.4, 0.5) is 0 Å². The zero-order chi connectivity index (χ0) is 12.4. The lowest BCUT2D eigenvalue weighted by Crippen LogP contribution is -2.48. The fraction of sp³-hybridized carbons (Fsp3) is 0.818. The van der Waals surface area contributed by atoms with E-state index in [0.717, 1.165) is 0 Å². The minimum absolute atomic E-state index is 0.260. The number of ketones is 1. The Hall–Kier alpha value is -0.980. The topological polar surface area (TPSA) is 71.1 Å². The molecular formula is C11H14O6. The maximum Gasteiger partial charge on any atom is 0.319 e. The minimum Gasteiger partial charge on any atom is -0.468 e. The molecule has 0 aromatic carbocycles. The van der Waals surface area contributed by atoms with E-state index >= 15 is 0 Å². The molecule has 5 atom stereocenters. The van der Waals surface area contributed by atoms with Crippen molar-refractivity contribution < 1.29 is 28.5 Å². The minimum atomic E-state index is -0.872. The summed E-state index contributed by atoms with van der Waals surface area (Å²) in [4.78, 5) is 23.5. The predicted octanol–water partition coefficient (Wildman–Crippen LogP) is -0.354. The third-order valence-corrected chi connectivity index (χ3v) is 3.46. The number of fused-ring (bicyclic) bond motifs is 5. The molecule has 3 rings (SSSR count). The molecule has 0 N–H and O–H groups in total. The number of carbonyl (C=O) groups is 2. The summed E-state index contributed by atoms with van der Waals surface area (Å²) >= 11 is 0. The number of ether oxygens (including phenoxy) is 4. The molecule has 3 aliphatic rings. The lowest BCUT2D eigenvalue weighted by atomic mass is 9.84. The lowest BCUT2D eigenvalue weighted by Gasteiger charge is -2.22. The van der Waals surface area contributed by atoms with Gasteiger partial charge in [0.2, 0.25) is 0 Å². The Morgan fingerprint density at radius 2 is 1.88 bits per heavy atom. The first-order chi connectivity index (χ1) is 7.94. The molecule has 0 unspecified atom stereocenters. The Labute approximate surface area is 98.1 Å². The van der Waals surface area contributed by atoms with Gasteiger partial charge in [-0.1, -0.05) is 0 Å². The summed E-state index contributed by atoms with van der Waals surface area (Å²) in [6.07, 6.45) is -2.04. The highest BCUT2D eigenvalue weighted by molar-refractivity contribution is 6.04. The fourth-order valence-corrected chi connectivity index (χ4v) is 2.84. The Morgan fingerprint density at radius 3 is 2.53 bits per heavy atom. The Balaban J connectivity index is 1.89. The molecule has 0 spiro atoms. The molecule has 94 valence electrons. The van der Waals surface area contributed by atoms with E-state index in [1.807, 2.05) is 0 Å². The second kappa shape index (κ2) is 3.28. The summed E-state index contributed by atoms with van der Waals surface area (Å²) in [5, 5.41) is 0. The van der Waals surface area contributed by atoms with Crippen LogP contribution in [0.1, 0.15) is 13.8 Å². The molecular weight excluding hydrogens is 228 g/mol. The number of esters is 1. The first kappa shape index (κ1) is 11.1. The highest BCUT2D eigenvalue weighted by atomic mass is 16.8. The van der Waals surface area contributed by atoms with Crippen molar-refractivity contribution in [1.29, 1.82) is 0 Å². The van der Waals surface area contributed by atoms with Crippen LogP contribution < -0.4 is 0 Å². The third-order valence-electron chi connectivity index (χ3n) is 3.46. The molecule has 3 fully saturated rings. The van der Waals surface area contributed by atoms with Crippen LogP contribution in [0.5, 0.6) is 0 Å². The highest BCUT2D eigenvalue weighted by Gasteiger charge is 2.67. The molecule has 0 radical (unpaired) electrons. The van der Waals surface area contributed by atoms with Gasteiger partial charge in [0.15, 0.2) is 11.6 Å². The Bertz CT molecular complexity index is 389. The second-order valence-corrected chi connectivity index (χ2v) is 4.99. The van der Waals surface area contributed by atoms with Crippen molar-refractivity contribution in [1.82, 2.24) is 0 Å². The van der Waals surface area contributed by atoms with Gasteiger partial charge in [0.1, 0.15) is 30.3 Å². The van der Waals surface area contributed by atoms with Gasteiger partial charge in [0.05, 0.1) is 7.11 Å². The van der Waals surface area contributed by atoms with Crippen molar-refractivity contribution in [2.24, 2.45) is 5.92 Å². The number of hydrogen-bond acceptors (Lipinski definition) is 6. The molecule has 0 amide bonds. The zero-order valence-electron chi connectivity index (χ0n) is 9.84. The molecule has 3 aliphatic heterocycles. The third kappa shape index (κ3) is 1.38. The summed E-state index contributed by atoms with van der Waals surface area (Å²) in [6.45, 7) is 3.56. The predicted molar refractivity (Wildman–Crippen MR) is 53.0 cm³/mol. The molecule has 0 saturated carbocycles. The highest BCUT2D eigenvalue weighted by Crippen LogP contribution is 2.46. The number of methoxy groups -OCH3 is 1. The maximum atomic E-state index is 12.0. The molecule has 6 nitrogen and oxygen atoms in total. The first-order valence-electron chi connectivity index (χ1n) is 5.57. The fourth-order valence-electron chi connectivity index (χ4n) is 2.84. The van der Waals surface area contributed by atoms with Crippen LogP contribution in [0.3, 0.4) is 0 Å². The van der Waals surface area contributed by atoms with Crippen molar-refractivity contribution in [2.45, 2.75) is 44.1 Å². The average molecular weight is 242 g/mol. The lowest BCUT2D eigenvalue weighted by molar-refractivity contribution is -0.180. The number of carbonyl (C=O) groups excluding carboxylic acids is 2. The average Bonchev–Trinajstić information content (AvgIpc) is 2.83. The Morgan fingerprint density at radius 1 is 1.24 bits per heavy atom. The summed E-state index contributed by atoms with van der Waals surface area (Å²) < 4.78 is 21.4. The van der Waals surface area contributed by atoms with Crippen LogP contribution in [0, 0.1) is 5.92 Å². The monoisotopic (exact) mass is 242 g/mol. The summed E-state index contributed by atoms with van der Waals surface area (Å²) in [5.74, 6) is -2.43. The van der Waals surface area contributed by atoms with Gasteiger partial charge in [-0.3, -0.25) is 9.59 Å². The van der Waals surface area contributed by atoms with Crippen LogP contribution in [-0.4, -0.2) is 49.1 Å². The summed E-state index contributed by atoms with van der Waals surface area (Å²) in [7, 11) is 1.26. The standard InChI is InChI=1S/C11H14O6/c1-11(2)16-8-6-4(10(13)14-3)5(12)7(15-6)9(8)17-11/h4,6-9H,1-3H3/t4-,6+,7+,8+,9+/m1/s1. The normalized spacial score (nSPS) is 46.1. The molecule has 17 heavy (non-hydrogen) atoms. The van der Waals surface area contributed by atoms with Gasteiger partial charge in [-0.25, -0.2) is 0 Å². The van der Waals surface area contributed by atoms with E-state index in [0.29, 0.717) is 0 Å². The molecule has 3 saturated heterocycles. The van der Waals surface area contributed by atoms with E-state index in [-0.39, 0.29) is 11.9 Å². The van der Waals surface area contributed by atoms with Gasteiger partial charge in [-0.15, -0.1) is 0 Å². The van der Waals surface area contributed by atoms with E-state index in [4.69, 9.17) is 14.2 Å². The van der Waals surface area contributed by atoms with Gasteiger partial charge in [0.25, 0.3) is 0 Å². The summed E-state index contributed by atoms with van der Waals surface area (Å²) in [6, 6.07) is 0. The van der Waals surface area contributed by atoms with Crippen molar-refractivity contribution in [3.8, 4) is 0 Å². The van der Waals surface area contributed by atoms with Crippen LogP contribution in [0.15, 0.2) is 0 Å². The number of rotatable bonds is 1. The first-order valence-corrected chi connectivity index (χ1v) is 5.57. The maximum absolute atomic E-state index is 12.0. The Kier molecular flexibility index (Phi) is 2.14. The van der Waals surface area contributed by atoms with Gasteiger partial charge >= 0.3 is 5.97 Å². The van der Waals surface area contributed by atoms with Crippen LogP contribution in [0.25, 0.3) is 0 Å². The van der Waals surface area contributed by atoms with Gasteiger partial charge < -0.3 is 18.9 Å². The zero-order valence-corrected chi connectivity index (χ0v) is 9.84. The molecule has 0 aliphatic carbocycles. The smallest absolute Gasteiger partial charge is 0.319 e. The van der Waals surface area contributed by atoms with Crippen molar-refractivity contribution in [3.63, 3.8) is 0 Å². The summed E-state index contributed by atoms with van der Waals surface area (Å²) in [5.41, 5.74) is 0. The number of hydrogen-bond donors (Lipinski definition) is 0. The van der Waals surface area contributed by atoms with E-state index in [1.165, 1.54) is 7.11 Å². The largest absolute Gasteiger partial charge is 0.468 e. The van der Waals surface area contributed by atoms with Gasteiger partial charge in [0, 0.05) is 0 Å². The van der Waals surface area contributed by atoms with Crippen LogP contribution in [0.2, 0.25) is 0 Å². The van der Waals surface area contributed by atoms with Crippen LogP contribution >= 0.6 is 0 Å². The quantitative estimate of drug-likeness (QED) is 0.462. The van der Waals surface area contributed by atoms with E-state index in [2.05, 4.69) is 4.74 Å². The van der Waals surface area contributed by atoms with E-state index in [9.17, 15) is 9.59 Å². The van der Waals surface area contributed by atoms with E-state index in [1.54, 1.807) is 13.8 Å². The molecule has 0 aromatic heterocycles. The SMILES string of the molecule is COC(=O)[C@@H]1C(=O)[C@@H]2O[C@@H]1[C@@H]1OC(C)(C)O[C@H]12. The van der Waals surface area contributed by atoms with Gasteiger partial charge in [-0.2, -0.15) is 0 Å². The molecule has 6 heteroatoms.